The molecular weight excluding hydrogens is 258 g/mol. The van der Waals surface area contributed by atoms with Gasteiger partial charge in [-0.3, -0.25) is 0 Å². The van der Waals surface area contributed by atoms with Gasteiger partial charge in [-0.15, -0.1) is 0 Å². The molecule has 0 saturated heterocycles. The lowest BCUT2D eigenvalue weighted by Gasteiger charge is -2.25. The summed E-state index contributed by atoms with van der Waals surface area (Å²) < 4.78 is 0. The molecule has 1 heterocycles. The minimum absolute atomic E-state index is 0.354. The Hall–Kier alpha value is -1.28. The van der Waals surface area contributed by atoms with Gasteiger partial charge in [0, 0.05) is 17.8 Å². The van der Waals surface area contributed by atoms with Gasteiger partial charge in [-0.2, -0.15) is 0 Å². The fourth-order valence-corrected chi connectivity index (χ4v) is 3.10. The molecule has 0 fully saturated rings. The van der Waals surface area contributed by atoms with E-state index in [1.54, 1.807) is 0 Å². The third-order valence-electron chi connectivity index (χ3n) is 4.30. The summed E-state index contributed by atoms with van der Waals surface area (Å²) in [7, 11) is 0. The summed E-state index contributed by atoms with van der Waals surface area (Å²) in [5.41, 5.74) is 5.01. The second-order valence-corrected chi connectivity index (χ2v) is 6.63. The number of aliphatic hydroxyl groups excluding tert-OH is 1. The van der Waals surface area contributed by atoms with E-state index in [0.717, 1.165) is 37.8 Å². The first-order valence-corrected chi connectivity index (χ1v) is 8.25. The van der Waals surface area contributed by atoms with E-state index in [1.165, 1.54) is 23.2 Å². The van der Waals surface area contributed by atoms with Crippen LogP contribution in [0.4, 0.5) is 5.69 Å². The zero-order valence-electron chi connectivity index (χ0n) is 13.7. The van der Waals surface area contributed by atoms with Crippen LogP contribution in [-0.2, 0) is 6.42 Å². The van der Waals surface area contributed by atoms with Crippen molar-refractivity contribution in [2.24, 2.45) is 5.92 Å². The molecule has 0 amide bonds. The zero-order chi connectivity index (χ0) is 15.2. The largest absolute Gasteiger partial charge is 0.388 e. The summed E-state index contributed by atoms with van der Waals surface area (Å²) in [6.45, 7) is 7.54. The highest BCUT2D eigenvalue weighted by molar-refractivity contribution is 5.60. The number of aryl methyl sites for hydroxylation is 1. The standard InChI is InChI=1S/C19H29NO/c1-14(2)7-4-8-15(3)13-18(21)17-11-5-9-16-10-6-12-20-19(16)17/h5,7,9,11,15,18,20-21H,4,6,8,10,12-13H2,1-3H3/t15-,18?/m1/s1. The van der Waals surface area contributed by atoms with Crippen LogP contribution in [0.25, 0.3) is 0 Å². The highest BCUT2D eigenvalue weighted by Gasteiger charge is 2.19. The van der Waals surface area contributed by atoms with Crippen LogP contribution in [0, 0.1) is 5.92 Å². The van der Waals surface area contributed by atoms with Crippen molar-refractivity contribution in [3.05, 3.63) is 41.0 Å². The van der Waals surface area contributed by atoms with Crippen molar-refractivity contribution >= 4 is 5.69 Å². The van der Waals surface area contributed by atoms with E-state index in [1.807, 2.05) is 0 Å². The quantitative estimate of drug-likeness (QED) is 0.733. The van der Waals surface area contributed by atoms with Crippen LogP contribution in [0.3, 0.4) is 0 Å². The topological polar surface area (TPSA) is 32.3 Å². The van der Waals surface area contributed by atoms with Crippen LogP contribution >= 0.6 is 0 Å². The van der Waals surface area contributed by atoms with E-state index in [2.05, 4.69) is 50.4 Å². The predicted octanol–water partition coefficient (Wildman–Crippen LogP) is 4.85. The lowest BCUT2D eigenvalue weighted by atomic mass is 9.91. The smallest absolute Gasteiger partial charge is 0.0812 e. The van der Waals surface area contributed by atoms with Crippen molar-refractivity contribution in [2.45, 2.75) is 59.0 Å². The molecule has 2 nitrogen and oxygen atoms in total. The third-order valence-corrected chi connectivity index (χ3v) is 4.30. The molecule has 0 aromatic heterocycles. The van der Waals surface area contributed by atoms with E-state index in [0.29, 0.717) is 5.92 Å². The van der Waals surface area contributed by atoms with Gasteiger partial charge in [0.05, 0.1) is 6.10 Å². The van der Waals surface area contributed by atoms with Crippen molar-refractivity contribution in [1.29, 1.82) is 0 Å². The molecule has 1 aromatic carbocycles. The molecule has 2 atom stereocenters. The van der Waals surface area contributed by atoms with Gasteiger partial charge in [0.15, 0.2) is 0 Å². The number of allylic oxidation sites excluding steroid dienone is 2. The van der Waals surface area contributed by atoms with Crippen LogP contribution in [0.5, 0.6) is 0 Å². The maximum atomic E-state index is 10.6. The number of anilines is 1. The minimum atomic E-state index is -0.354. The number of rotatable bonds is 6. The summed E-state index contributed by atoms with van der Waals surface area (Å²) in [5.74, 6) is 0.537. The molecule has 2 N–H and O–H groups in total. The number of hydrogen-bond acceptors (Lipinski definition) is 2. The van der Waals surface area contributed by atoms with Gasteiger partial charge in [0.25, 0.3) is 0 Å². The maximum Gasteiger partial charge on any atom is 0.0812 e. The lowest BCUT2D eigenvalue weighted by Crippen LogP contribution is -2.16. The number of nitrogens with one attached hydrogen (secondary N) is 1. The Morgan fingerprint density at radius 2 is 2.19 bits per heavy atom. The van der Waals surface area contributed by atoms with E-state index in [4.69, 9.17) is 0 Å². The Bertz CT molecular complexity index is 488. The number of benzene rings is 1. The van der Waals surface area contributed by atoms with Crippen LogP contribution in [0.2, 0.25) is 0 Å². The molecule has 21 heavy (non-hydrogen) atoms. The summed E-state index contributed by atoms with van der Waals surface area (Å²) in [6.07, 6.45) is 7.34. The van der Waals surface area contributed by atoms with Gasteiger partial charge in [0.2, 0.25) is 0 Å². The molecule has 116 valence electrons. The molecule has 0 aliphatic carbocycles. The summed E-state index contributed by atoms with van der Waals surface area (Å²) in [5, 5.41) is 14.1. The minimum Gasteiger partial charge on any atom is -0.388 e. The molecular formula is C19H29NO. The Kier molecular flexibility index (Phi) is 5.86. The van der Waals surface area contributed by atoms with E-state index in [-0.39, 0.29) is 6.10 Å². The van der Waals surface area contributed by atoms with Gasteiger partial charge in [-0.25, -0.2) is 0 Å². The SMILES string of the molecule is CC(C)=CCC[C@@H](C)CC(O)c1cccc2c1NCCC2. The second kappa shape index (κ2) is 7.65. The molecule has 0 radical (unpaired) electrons. The summed E-state index contributed by atoms with van der Waals surface area (Å²) >= 11 is 0. The first-order chi connectivity index (χ1) is 10.1. The van der Waals surface area contributed by atoms with E-state index >= 15 is 0 Å². The number of hydrogen-bond donors (Lipinski definition) is 2. The van der Waals surface area contributed by atoms with Crippen molar-refractivity contribution in [2.75, 3.05) is 11.9 Å². The number of fused-ring (bicyclic) bond motifs is 1. The Labute approximate surface area is 129 Å². The van der Waals surface area contributed by atoms with Crippen molar-refractivity contribution in [1.82, 2.24) is 0 Å². The summed E-state index contributed by atoms with van der Waals surface area (Å²) in [6, 6.07) is 6.33. The molecule has 0 saturated carbocycles. The first-order valence-electron chi connectivity index (χ1n) is 8.25. The predicted molar refractivity (Wildman–Crippen MR) is 90.7 cm³/mol. The molecule has 0 spiro atoms. The Balaban J connectivity index is 1.97. The average molecular weight is 287 g/mol. The first kappa shape index (κ1) is 16.1. The fraction of sp³-hybridized carbons (Fsp3) is 0.579. The van der Waals surface area contributed by atoms with Gasteiger partial charge in [-0.05, 0) is 57.4 Å². The molecule has 1 aromatic rings. The van der Waals surface area contributed by atoms with Gasteiger partial charge in [-0.1, -0.05) is 36.8 Å². The molecule has 0 bridgehead atoms. The molecule has 2 heteroatoms. The lowest BCUT2D eigenvalue weighted by molar-refractivity contribution is 0.146. The monoisotopic (exact) mass is 287 g/mol. The van der Waals surface area contributed by atoms with Gasteiger partial charge < -0.3 is 10.4 Å². The highest BCUT2D eigenvalue weighted by atomic mass is 16.3. The Morgan fingerprint density at radius 3 is 2.95 bits per heavy atom. The van der Waals surface area contributed by atoms with Crippen molar-refractivity contribution in [3.8, 4) is 0 Å². The second-order valence-electron chi connectivity index (χ2n) is 6.63. The number of para-hydroxylation sites is 1. The zero-order valence-corrected chi connectivity index (χ0v) is 13.7. The Morgan fingerprint density at radius 1 is 1.38 bits per heavy atom. The van der Waals surface area contributed by atoms with Crippen molar-refractivity contribution in [3.63, 3.8) is 0 Å². The van der Waals surface area contributed by atoms with Crippen LogP contribution in [0.1, 0.15) is 63.7 Å². The third kappa shape index (κ3) is 4.60. The average Bonchev–Trinajstić information content (AvgIpc) is 2.46. The maximum absolute atomic E-state index is 10.6. The van der Waals surface area contributed by atoms with E-state index in [9.17, 15) is 5.11 Å². The molecule has 1 aliphatic rings. The van der Waals surface area contributed by atoms with Crippen LogP contribution in [0.15, 0.2) is 29.8 Å². The fourth-order valence-electron chi connectivity index (χ4n) is 3.10. The molecule has 1 aliphatic heterocycles. The summed E-state index contributed by atoms with van der Waals surface area (Å²) in [4.78, 5) is 0. The van der Waals surface area contributed by atoms with E-state index < -0.39 is 0 Å². The highest BCUT2D eigenvalue weighted by Crippen LogP contribution is 2.33. The van der Waals surface area contributed by atoms with Gasteiger partial charge >= 0.3 is 0 Å². The van der Waals surface area contributed by atoms with Gasteiger partial charge in [0.1, 0.15) is 0 Å². The number of aliphatic hydroxyl groups is 1. The normalized spacial score (nSPS) is 16.6. The van der Waals surface area contributed by atoms with Crippen LogP contribution in [-0.4, -0.2) is 11.7 Å². The van der Waals surface area contributed by atoms with Crippen molar-refractivity contribution < 1.29 is 5.11 Å². The molecule has 2 rings (SSSR count). The van der Waals surface area contributed by atoms with Crippen LogP contribution < -0.4 is 5.32 Å². The molecule has 1 unspecified atom stereocenters.